The highest BCUT2D eigenvalue weighted by molar-refractivity contribution is 5.86. The number of hydrogen-bond acceptors (Lipinski definition) is 4. The molecule has 2 aromatic carbocycles. The number of phenols is 2. The molecule has 2 N–H and O–H groups in total. The van der Waals surface area contributed by atoms with Gasteiger partial charge in [-0.1, -0.05) is 86.3 Å². The van der Waals surface area contributed by atoms with Crippen LogP contribution in [-0.2, 0) is 17.3 Å². The molecule has 3 rings (SSSR count). The summed E-state index contributed by atoms with van der Waals surface area (Å²) < 4.78 is 0. The summed E-state index contributed by atoms with van der Waals surface area (Å²) in [4.78, 5) is 9.96. The van der Waals surface area contributed by atoms with E-state index < -0.39 is 0 Å². The van der Waals surface area contributed by atoms with Gasteiger partial charge >= 0.3 is 0 Å². The number of hydrogen-bond donors (Lipinski definition) is 2. The Hall–Kier alpha value is -2.62. The van der Waals surface area contributed by atoms with Gasteiger partial charge in [-0.15, -0.1) is 0 Å². The Bertz CT molecular complexity index is 1150. The highest BCUT2D eigenvalue weighted by atomic mass is 16.3. The largest absolute Gasteiger partial charge is 0.507 e. The molecule has 0 bridgehead atoms. The number of unbranched alkanes of at least 4 members (excludes halogenated alkanes) is 2. The first kappa shape index (κ1) is 29.9. The first-order valence-corrected chi connectivity index (χ1v) is 14.6. The highest BCUT2D eigenvalue weighted by Gasteiger charge is 2.26. The molecule has 1 aliphatic carbocycles. The van der Waals surface area contributed by atoms with Crippen molar-refractivity contribution in [3.05, 3.63) is 57.6 Å². The van der Waals surface area contributed by atoms with Crippen molar-refractivity contribution in [3.8, 4) is 11.5 Å². The normalized spacial score (nSPS) is 19.1. The number of phenolic OH excluding ortho intramolecular Hbond substituents is 2. The zero-order valence-electron chi connectivity index (χ0n) is 25.1. The predicted octanol–water partition coefficient (Wildman–Crippen LogP) is 8.58. The maximum absolute atomic E-state index is 11.2. The van der Waals surface area contributed by atoms with E-state index >= 15 is 0 Å². The summed E-state index contributed by atoms with van der Waals surface area (Å²) in [5.74, 6) is 0.646. The molecular weight excluding hydrogens is 468 g/mol. The molecule has 208 valence electrons. The maximum Gasteiger partial charge on any atom is 0.128 e. The van der Waals surface area contributed by atoms with Crippen LogP contribution in [0.4, 0.5) is 0 Å². The lowest BCUT2D eigenvalue weighted by Gasteiger charge is -2.27. The molecule has 1 saturated carbocycles. The summed E-state index contributed by atoms with van der Waals surface area (Å²) >= 11 is 0. The minimum Gasteiger partial charge on any atom is -0.507 e. The second-order valence-electron chi connectivity index (χ2n) is 13.2. The lowest BCUT2D eigenvalue weighted by atomic mass is 9.79. The van der Waals surface area contributed by atoms with E-state index in [1.54, 1.807) is 0 Å². The van der Waals surface area contributed by atoms with Crippen LogP contribution in [0.15, 0.2) is 34.3 Å². The SMILES string of the molecule is CCCCCc1cc(C)c(O)c(C=NC2CCCCC2N=Cc2cc(C(C)(C)C)cc(C(C)(C)C)c2O)c1. The number of nitrogens with zero attached hydrogens (tertiary/aromatic N) is 2. The topological polar surface area (TPSA) is 65.2 Å². The summed E-state index contributed by atoms with van der Waals surface area (Å²) in [7, 11) is 0. The minimum absolute atomic E-state index is 0.0286. The molecule has 0 radical (unpaired) electrons. The van der Waals surface area contributed by atoms with Crippen LogP contribution in [0.3, 0.4) is 0 Å². The molecule has 2 aromatic rings. The average Bonchev–Trinajstić information content (AvgIpc) is 2.83. The lowest BCUT2D eigenvalue weighted by Crippen LogP contribution is -2.27. The second-order valence-corrected chi connectivity index (χ2v) is 13.2. The van der Waals surface area contributed by atoms with Gasteiger partial charge in [0, 0.05) is 29.1 Å². The van der Waals surface area contributed by atoms with E-state index in [0.29, 0.717) is 11.5 Å². The summed E-state index contributed by atoms with van der Waals surface area (Å²) in [5, 5.41) is 21.9. The van der Waals surface area contributed by atoms with Crippen molar-refractivity contribution in [3.63, 3.8) is 0 Å². The molecule has 1 fully saturated rings. The molecule has 2 unspecified atom stereocenters. The van der Waals surface area contributed by atoms with Gasteiger partial charge in [-0.3, -0.25) is 9.98 Å². The van der Waals surface area contributed by atoms with Crippen molar-refractivity contribution in [2.24, 2.45) is 9.98 Å². The number of aromatic hydroxyl groups is 2. The van der Waals surface area contributed by atoms with Gasteiger partial charge in [-0.05, 0) is 72.3 Å². The van der Waals surface area contributed by atoms with E-state index in [4.69, 9.17) is 9.98 Å². The first-order valence-electron chi connectivity index (χ1n) is 14.6. The number of aliphatic imine (C=N–C) groups is 2. The minimum atomic E-state index is -0.170. The lowest BCUT2D eigenvalue weighted by molar-refractivity contribution is 0.390. The molecule has 1 aliphatic rings. The summed E-state index contributed by atoms with van der Waals surface area (Å²) in [5.41, 5.74) is 5.70. The van der Waals surface area contributed by atoms with Gasteiger partial charge < -0.3 is 10.2 Å². The van der Waals surface area contributed by atoms with Crippen LogP contribution in [0.25, 0.3) is 0 Å². The van der Waals surface area contributed by atoms with Gasteiger partial charge in [0.05, 0.1) is 12.1 Å². The molecule has 2 atom stereocenters. The fraction of sp³-hybridized carbons (Fsp3) is 0.588. The second kappa shape index (κ2) is 12.5. The van der Waals surface area contributed by atoms with Crippen molar-refractivity contribution in [2.45, 2.75) is 130 Å². The molecule has 4 heteroatoms. The van der Waals surface area contributed by atoms with Crippen LogP contribution < -0.4 is 0 Å². The predicted molar refractivity (Wildman–Crippen MR) is 163 cm³/mol. The van der Waals surface area contributed by atoms with Gasteiger partial charge in [0.1, 0.15) is 11.5 Å². The van der Waals surface area contributed by atoms with Gasteiger partial charge in [0.25, 0.3) is 0 Å². The fourth-order valence-corrected chi connectivity index (χ4v) is 5.26. The molecular formula is C34H50N2O2. The third kappa shape index (κ3) is 7.71. The first-order chi connectivity index (χ1) is 17.8. The monoisotopic (exact) mass is 518 g/mol. The van der Waals surface area contributed by atoms with Crippen molar-refractivity contribution < 1.29 is 10.2 Å². The molecule has 0 spiro atoms. The van der Waals surface area contributed by atoms with Gasteiger partial charge in [0.15, 0.2) is 0 Å². The van der Waals surface area contributed by atoms with E-state index in [1.807, 2.05) is 19.4 Å². The smallest absolute Gasteiger partial charge is 0.128 e. The zero-order valence-corrected chi connectivity index (χ0v) is 25.1. The molecule has 0 aromatic heterocycles. The Labute approximate surface area is 231 Å². The van der Waals surface area contributed by atoms with Crippen LogP contribution >= 0.6 is 0 Å². The summed E-state index contributed by atoms with van der Waals surface area (Å²) in [6.45, 7) is 17.2. The Balaban J connectivity index is 1.88. The van der Waals surface area contributed by atoms with Gasteiger partial charge in [-0.2, -0.15) is 0 Å². The van der Waals surface area contributed by atoms with E-state index in [1.165, 1.54) is 24.0 Å². The summed E-state index contributed by atoms with van der Waals surface area (Å²) in [6.07, 6.45) is 12.6. The van der Waals surface area contributed by atoms with Crippen molar-refractivity contribution in [2.75, 3.05) is 0 Å². The maximum atomic E-state index is 11.2. The van der Waals surface area contributed by atoms with Crippen molar-refractivity contribution in [1.29, 1.82) is 0 Å². The van der Waals surface area contributed by atoms with E-state index in [2.05, 4.69) is 72.7 Å². The Morgan fingerprint density at radius 1 is 0.789 bits per heavy atom. The van der Waals surface area contributed by atoms with Crippen LogP contribution in [0.2, 0.25) is 0 Å². The zero-order chi connectivity index (χ0) is 28.1. The van der Waals surface area contributed by atoms with Crippen LogP contribution in [0.1, 0.15) is 127 Å². The third-order valence-corrected chi connectivity index (χ3v) is 7.78. The number of benzene rings is 2. The molecule has 38 heavy (non-hydrogen) atoms. The van der Waals surface area contributed by atoms with Crippen molar-refractivity contribution in [1.82, 2.24) is 0 Å². The van der Waals surface area contributed by atoms with Crippen LogP contribution in [-0.4, -0.2) is 34.7 Å². The molecule has 4 nitrogen and oxygen atoms in total. The standard InChI is InChI=1S/C34H50N2O2/c1-9-10-11-14-24-17-23(2)31(37)25(18-24)21-35-29-15-12-13-16-30(29)36-22-26-19-27(33(3,4)5)20-28(32(26)38)34(6,7)8/h17-22,29-30,37-38H,9-16H2,1-8H3. The number of rotatable bonds is 8. The van der Waals surface area contributed by atoms with E-state index in [9.17, 15) is 10.2 Å². The molecule has 0 saturated heterocycles. The third-order valence-electron chi connectivity index (χ3n) is 7.78. The Kier molecular flexibility index (Phi) is 9.84. The number of aryl methyl sites for hydroxylation is 2. The quantitative estimate of drug-likeness (QED) is 0.271. The highest BCUT2D eigenvalue weighted by Crippen LogP contribution is 2.37. The average molecular weight is 519 g/mol. The summed E-state index contributed by atoms with van der Waals surface area (Å²) in [6, 6.07) is 8.54. The van der Waals surface area contributed by atoms with Crippen LogP contribution in [0, 0.1) is 6.92 Å². The van der Waals surface area contributed by atoms with Crippen molar-refractivity contribution >= 4 is 12.4 Å². The van der Waals surface area contributed by atoms with E-state index in [0.717, 1.165) is 60.8 Å². The van der Waals surface area contributed by atoms with E-state index in [-0.39, 0.29) is 22.9 Å². The van der Waals surface area contributed by atoms with Gasteiger partial charge in [-0.25, -0.2) is 0 Å². The molecule has 0 heterocycles. The molecule has 0 amide bonds. The molecule has 0 aliphatic heterocycles. The van der Waals surface area contributed by atoms with Crippen LogP contribution in [0.5, 0.6) is 11.5 Å². The Morgan fingerprint density at radius 2 is 1.37 bits per heavy atom. The fourth-order valence-electron chi connectivity index (χ4n) is 5.26. The van der Waals surface area contributed by atoms with Gasteiger partial charge in [0.2, 0.25) is 0 Å². The Morgan fingerprint density at radius 3 is 1.89 bits per heavy atom.